The maximum atomic E-state index is 12.8. The number of fused-ring (bicyclic) bond motifs is 1. The van der Waals surface area contributed by atoms with Crippen LogP contribution in [0.1, 0.15) is 12.8 Å². The Hall–Kier alpha value is -2.62. The van der Waals surface area contributed by atoms with Crippen molar-refractivity contribution in [3.63, 3.8) is 0 Å². The number of hydrogen-bond donors (Lipinski definition) is 1. The molecule has 1 fully saturated rings. The minimum Gasteiger partial charge on any atom is -0.482 e. The number of carbonyl (C=O) groups is 2. The van der Waals surface area contributed by atoms with Crippen LogP contribution in [0.5, 0.6) is 5.75 Å². The Morgan fingerprint density at radius 2 is 1.87 bits per heavy atom. The molecule has 2 aliphatic rings. The smallest absolute Gasteiger partial charge is 0.265 e. The van der Waals surface area contributed by atoms with Crippen LogP contribution in [0.2, 0.25) is 5.02 Å². The number of rotatable bonds is 5. The van der Waals surface area contributed by atoms with Gasteiger partial charge in [0.15, 0.2) is 6.61 Å². The van der Waals surface area contributed by atoms with E-state index in [9.17, 15) is 18.0 Å². The van der Waals surface area contributed by atoms with E-state index >= 15 is 0 Å². The van der Waals surface area contributed by atoms with E-state index in [0.29, 0.717) is 24.5 Å². The minimum absolute atomic E-state index is 0.0666. The first-order valence-electron chi connectivity index (χ1n) is 9.48. The van der Waals surface area contributed by atoms with E-state index in [1.54, 1.807) is 24.3 Å². The molecule has 0 saturated carbocycles. The third-order valence-corrected chi connectivity index (χ3v) is 7.25. The van der Waals surface area contributed by atoms with Crippen molar-refractivity contribution in [3.8, 4) is 5.75 Å². The molecule has 2 heterocycles. The zero-order valence-corrected chi connectivity index (χ0v) is 17.6. The summed E-state index contributed by atoms with van der Waals surface area (Å²) in [6.07, 6.45) is 1.65. The highest BCUT2D eigenvalue weighted by atomic mass is 35.5. The lowest BCUT2D eigenvalue weighted by atomic mass is 10.2. The summed E-state index contributed by atoms with van der Waals surface area (Å²) in [5, 5.41) is 2.83. The summed E-state index contributed by atoms with van der Waals surface area (Å²) in [7, 11) is -3.65. The SMILES string of the molecule is O=C(CN1C(=O)COc2ccccc21)Nc1cc(S(=O)(=O)N2CCCC2)ccc1Cl. The van der Waals surface area contributed by atoms with Crippen molar-refractivity contribution in [2.45, 2.75) is 17.7 Å². The molecule has 2 amide bonds. The van der Waals surface area contributed by atoms with E-state index in [2.05, 4.69) is 5.32 Å². The van der Waals surface area contributed by atoms with Gasteiger partial charge in [-0.25, -0.2) is 8.42 Å². The Bertz CT molecular complexity index is 1100. The Kier molecular flexibility index (Phi) is 5.68. The Labute approximate surface area is 179 Å². The third kappa shape index (κ3) is 4.00. The number of halogens is 1. The van der Waals surface area contributed by atoms with Gasteiger partial charge in [-0.2, -0.15) is 4.31 Å². The predicted molar refractivity (Wildman–Crippen MR) is 112 cm³/mol. The van der Waals surface area contributed by atoms with Gasteiger partial charge in [0.25, 0.3) is 5.91 Å². The second-order valence-corrected chi connectivity index (χ2v) is 9.38. The Morgan fingerprint density at radius 1 is 1.13 bits per heavy atom. The summed E-state index contributed by atoms with van der Waals surface area (Å²) < 4.78 is 32.4. The molecule has 0 unspecified atom stereocenters. The summed E-state index contributed by atoms with van der Waals surface area (Å²) in [5.41, 5.74) is 0.677. The highest BCUT2D eigenvalue weighted by Gasteiger charge is 2.29. The molecule has 4 rings (SSSR count). The fraction of sp³-hybridized carbons (Fsp3) is 0.300. The van der Waals surface area contributed by atoms with Crippen LogP contribution in [0.15, 0.2) is 47.4 Å². The van der Waals surface area contributed by atoms with Crippen LogP contribution in [0.25, 0.3) is 0 Å². The van der Waals surface area contributed by atoms with E-state index < -0.39 is 15.9 Å². The molecule has 8 nitrogen and oxygen atoms in total. The van der Waals surface area contributed by atoms with Gasteiger partial charge >= 0.3 is 0 Å². The summed E-state index contributed by atoms with van der Waals surface area (Å²) >= 11 is 6.18. The van der Waals surface area contributed by atoms with Crippen LogP contribution < -0.4 is 15.0 Å². The lowest BCUT2D eigenvalue weighted by molar-refractivity contribution is -0.123. The number of ether oxygens (including phenoxy) is 1. The molecule has 10 heteroatoms. The van der Waals surface area contributed by atoms with Crippen molar-refractivity contribution < 1.29 is 22.7 Å². The molecule has 158 valence electrons. The Morgan fingerprint density at radius 3 is 2.63 bits per heavy atom. The van der Waals surface area contributed by atoms with Crippen LogP contribution in [-0.4, -0.2) is 50.8 Å². The van der Waals surface area contributed by atoms with Gasteiger partial charge in [-0.3, -0.25) is 14.5 Å². The minimum atomic E-state index is -3.65. The summed E-state index contributed by atoms with van der Waals surface area (Å²) in [4.78, 5) is 26.3. The van der Waals surface area contributed by atoms with Gasteiger partial charge in [0.1, 0.15) is 12.3 Å². The first-order valence-corrected chi connectivity index (χ1v) is 11.3. The number of benzene rings is 2. The van der Waals surface area contributed by atoms with Crippen molar-refractivity contribution in [2.75, 3.05) is 36.5 Å². The second-order valence-electron chi connectivity index (χ2n) is 7.04. The van der Waals surface area contributed by atoms with E-state index in [-0.39, 0.29) is 34.7 Å². The van der Waals surface area contributed by atoms with E-state index in [1.165, 1.54) is 27.4 Å². The lowest BCUT2D eigenvalue weighted by Crippen LogP contribution is -2.43. The fourth-order valence-corrected chi connectivity index (χ4v) is 5.21. The molecule has 1 N–H and O–H groups in total. The van der Waals surface area contributed by atoms with Crippen molar-refractivity contribution in [1.29, 1.82) is 0 Å². The molecular formula is C20H20ClN3O5S. The number of carbonyl (C=O) groups excluding carboxylic acids is 2. The third-order valence-electron chi connectivity index (χ3n) is 5.02. The molecule has 0 aromatic heterocycles. The zero-order valence-electron chi connectivity index (χ0n) is 16.0. The standard InChI is InChI=1S/C20H20ClN3O5S/c21-15-8-7-14(30(27,28)23-9-3-4-10-23)11-16(15)22-19(25)12-24-17-5-1-2-6-18(17)29-13-20(24)26/h1-2,5-8,11H,3-4,9-10,12-13H2,(H,22,25). The van der Waals surface area contributed by atoms with Gasteiger partial charge in [0, 0.05) is 13.1 Å². The highest BCUT2D eigenvalue weighted by molar-refractivity contribution is 7.89. The summed E-state index contributed by atoms with van der Waals surface area (Å²) in [5.74, 6) is -0.334. The number of hydrogen-bond acceptors (Lipinski definition) is 5. The number of anilines is 2. The molecule has 0 bridgehead atoms. The monoisotopic (exact) mass is 449 g/mol. The van der Waals surface area contributed by atoms with Crippen molar-refractivity contribution in [2.24, 2.45) is 0 Å². The molecular weight excluding hydrogens is 430 g/mol. The second kappa shape index (κ2) is 8.25. The first kappa shape index (κ1) is 20.6. The topological polar surface area (TPSA) is 96.0 Å². The number of para-hydroxylation sites is 2. The van der Waals surface area contributed by atoms with Crippen LogP contribution in [-0.2, 0) is 19.6 Å². The van der Waals surface area contributed by atoms with E-state index in [1.807, 2.05) is 0 Å². The summed E-state index contributed by atoms with van der Waals surface area (Å²) in [6.45, 7) is 0.545. The van der Waals surface area contributed by atoms with Gasteiger partial charge in [-0.1, -0.05) is 23.7 Å². The lowest BCUT2D eigenvalue weighted by Gasteiger charge is -2.28. The molecule has 30 heavy (non-hydrogen) atoms. The summed E-state index contributed by atoms with van der Waals surface area (Å²) in [6, 6.07) is 11.1. The first-order chi connectivity index (χ1) is 14.4. The van der Waals surface area contributed by atoms with Crippen LogP contribution in [0, 0.1) is 0 Å². The quantitative estimate of drug-likeness (QED) is 0.756. The van der Waals surface area contributed by atoms with Crippen molar-refractivity contribution >= 4 is 44.8 Å². The molecule has 0 atom stereocenters. The average Bonchev–Trinajstić information content (AvgIpc) is 3.27. The van der Waals surface area contributed by atoms with Gasteiger partial charge < -0.3 is 10.1 Å². The number of nitrogens with one attached hydrogen (secondary N) is 1. The van der Waals surface area contributed by atoms with E-state index in [4.69, 9.17) is 16.3 Å². The van der Waals surface area contributed by atoms with Crippen molar-refractivity contribution in [1.82, 2.24) is 4.31 Å². The molecule has 0 radical (unpaired) electrons. The average molecular weight is 450 g/mol. The number of nitrogens with zero attached hydrogens (tertiary/aromatic N) is 2. The van der Waals surface area contributed by atoms with Crippen LogP contribution in [0.3, 0.4) is 0 Å². The van der Waals surface area contributed by atoms with Gasteiger partial charge in [-0.15, -0.1) is 0 Å². The highest BCUT2D eigenvalue weighted by Crippen LogP contribution is 2.32. The zero-order chi connectivity index (χ0) is 21.3. The molecule has 2 aromatic rings. The van der Waals surface area contributed by atoms with Gasteiger partial charge in [0.05, 0.1) is 21.3 Å². The van der Waals surface area contributed by atoms with Crippen LogP contribution >= 0.6 is 11.6 Å². The predicted octanol–water partition coefficient (Wildman–Crippen LogP) is 2.49. The molecule has 1 saturated heterocycles. The van der Waals surface area contributed by atoms with Gasteiger partial charge in [-0.05, 0) is 43.2 Å². The molecule has 0 spiro atoms. The normalized spacial score (nSPS) is 16.8. The molecule has 2 aliphatic heterocycles. The van der Waals surface area contributed by atoms with Gasteiger partial charge in [0.2, 0.25) is 15.9 Å². The van der Waals surface area contributed by atoms with Crippen LogP contribution in [0.4, 0.5) is 11.4 Å². The van der Waals surface area contributed by atoms with E-state index in [0.717, 1.165) is 12.8 Å². The maximum Gasteiger partial charge on any atom is 0.265 e. The number of sulfonamides is 1. The number of amides is 2. The Balaban J connectivity index is 1.53. The maximum absolute atomic E-state index is 12.8. The molecule has 2 aromatic carbocycles. The molecule has 0 aliphatic carbocycles. The van der Waals surface area contributed by atoms with Crippen molar-refractivity contribution in [3.05, 3.63) is 47.5 Å². The fourth-order valence-electron chi connectivity index (χ4n) is 3.50. The largest absolute Gasteiger partial charge is 0.482 e.